The molecular weight excluding hydrogens is 250 g/mol. The number of nitrogens with one attached hydrogen (secondary N) is 1. The maximum Gasteiger partial charge on any atom is 0.303 e. The summed E-state index contributed by atoms with van der Waals surface area (Å²) in [5.74, 6) is -0.0395. The fourth-order valence-electron chi connectivity index (χ4n) is 1.62. The normalized spacial score (nSPS) is 12.1. The van der Waals surface area contributed by atoms with Crippen molar-refractivity contribution in [1.82, 2.24) is 15.5 Å². The van der Waals surface area contributed by atoms with Gasteiger partial charge in [-0.3, -0.25) is 9.59 Å². The number of aliphatic carboxylic acids is 1. The monoisotopic (exact) mass is 269 g/mol. The molecule has 1 atom stereocenters. The topological polar surface area (TPSA) is 105 Å². The smallest absolute Gasteiger partial charge is 0.303 e. The number of carboxylic acid groups (broad SMARTS) is 1. The fraction of sp³-hybridized carbons (Fsp3) is 0.667. The van der Waals surface area contributed by atoms with E-state index in [2.05, 4.69) is 15.5 Å². The Morgan fingerprint density at radius 1 is 1.47 bits per heavy atom. The lowest BCUT2D eigenvalue weighted by atomic mass is 10.0. The van der Waals surface area contributed by atoms with E-state index < -0.39 is 5.97 Å². The molecule has 1 aromatic heterocycles. The zero-order valence-electron chi connectivity index (χ0n) is 11.2. The quantitative estimate of drug-likeness (QED) is 0.727. The van der Waals surface area contributed by atoms with E-state index in [1.165, 1.54) is 0 Å². The van der Waals surface area contributed by atoms with Gasteiger partial charge in [0.05, 0.1) is 0 Å². The minimum Gasteiger partial charge on any atom is -0.481 e. The first-order valence-electron chi connectivity index (χ1n) is 6.29. The van der Waals surface area contributed by atoms with Crippen molar-refractivity contribution in [2.24, 2.45) is 5.92 Å². The summed E-state index contributed by atoms with van der Waals surface area (Å²) in [6.07, 6.45) is 1.43. The summed E-state index contributed by atoms with van der Waals surface area (Å²) < 4.78 is 4.90. The predicted octanol–water partition coefficient (Wildman–Crippen LogP) is 0.928. The average molecular weight is 269 g/mol. The second-order valence-electron chi connectivity index (χ2n) is 4.41. The van der Waals surface area contributed by atoms with Crippen LogP contribution in [0.25, 0.3) is 0 Å². The van der Waals surface area contributed by atoms with Crippen molar-refractivity contribution >= 4 is 11.9 Å². The highest BCUT2D eigenvalue weighted by Gasteiger charge is 2.13. The van der Waals surface area contributed by atoms with Crippen molar-refractivity contribution in [3.05, 3.63) is 11.7 Å². The van der Waals surface area contributed by atoms with Crippen LogP contribution in [0.15, 0.2) is 4.52 Å². The lowest BCUT2D eigenvalue weighted by Gasteiger charge is -2.12. The molecular formula is C12H19N3O4. The first-order valence-corrected chi connectivity index (χ1v) is 6.29. The lowest BCUT2D eigenvalue weighted by Crippen LogP contribution is -2.30. The van der Waals surface area contributed by atoms with E-state index in [9.17, 15) is 9.59 Å². The van der Waals surface area contributed by atoms with Gasteiger partial charge in [0, 0.05) is 25.8 Å². The molecule has 0 saturated carbocycles. The number of carboxylic acids is 1. The van der Waals surface area contributed by atoms with Crippen LogP contribution < -0.4 is 5.32 Å². The summed E-state index contributed by atoms with van der Waals surface area (Å²) in [7, 11) is 0. The molecule has 0 aliphatic heterocycles. The Bertz CT molecular complexity index is 430. The highest BCUT2D eigenvalue weighted by atomic mass is 16.5. The number of hydrogen-bond acceptors (Lipinski definition) is 5. The molecule has 19 heavy (non-hydrogen) atoms. The van der Waals surface area contributed by atoms with Gasteiger partial charge in [0.1, 0.15) is 0 Å². The molecule has 0 aliphatic rings. The van der Waals surface area contributed by atoms with E-state index in [4.69, 9.17) is 9.63 Å². The molecule has 106 valence electrons. The standard InChI is InChI=1S/C12H19N3O4/c1-3-9(6-12(17)18)7-13-10(16)4-5-11-14-8(2)15-19-11/h9H,3-7H2,1-2H3,(H,13,16)(H,17,18). The summed E-state index contributed by atoms with van der Waals surface area (Å²) in [4.78, 5) is 26.2. The minimum atomic E-state index is -0.845. The zero-order chi connectivity index (χ0) is 14.3. The van der Waals surface area contributed by atoms with Crippen LogP contribution in [0, 0.1) is 12.8 Å². The van der Waals surface area contributed by atoms with E-state index >= 15 is 0 Å². The number of amides is 1. The second kappa shape index (κ2) is 7.50. The maximum atomic E-state index is 11.6. The van der Waals surface area contributed by atoms with Crippen molar-refractivity contribution in [2.45, 2.75) is 39.5 Å². The van der Waals surface area contributed by atoms with Crippen LogP contribution in [-0.2, 0) is 16.0 Å². The van der Waals surface area contributed by atoms with Gasteiger partial charge in [0.2, 0.25) is 11.8 Å². The highest BCUT2D eigenvalue weighted by molar-refractivity contribution is 5.76. The molecule has 0 aromatic carbocycles. The summed E-state index contributed by atoms with van der Waals surface area (Å²) in [5.41, 5.74) is 0. The van der Waals surface area contributed by atoms with Crippen LogP contribution in [0.5, 0.6) is 0 Å². The third-order valence-corrected chi connectivity index (χ3v) is 2.76. The van der Waals surface area contributed by atoms with E-state index in [0.29, 0.717) is 24.7 Å². The van der Waals surface area contributed by atoms with Crippen molar-refractivity contribution < 1.29 is 19.2 Å². The number of hydrogen-bond donors (Lipinski definition) is 2. The molecule has 1 amide bonds. The molecule has 7 heteroatoms. The first kappa shape index (κ1) is 15.1. The molecule has 2 N–H and O–H groups in total. The van der Waals surface area contributed by atoms with Crippen LogP contribution >= 0.6 is 0 Å². The van der Waals surface area contributed by atoms with Gasteiger partial charge in [-0.25, -0.2) is 0 Å². The van der Waals surface area contributed by atoms with Gasteiger partial charge in [-0.2, -0.15) is 4.98 Å². The molecule has 0 bridgehead atoms. The number of aromatic nitrogens is 2. The number of rotatable bonds is 8. The van der Waals surface area contributed by atoms with Gasteiger partial charge >= 0.3 is 5.97 Å². The van der Waals surface area contributed by atoms with Crippen LogP contribution in [0.4, 0.5) is 0 Å². The molecule has 0 radical (unpaired) electrons. The SMILES string of the molecule is CCC(CNC(=O)CCc1nc(C)no1)CC(=O)O. The molecule has 7 nitrogen and oxygen atoms in total. The Labute approximate surface area is 111 Å². The molecule has 1 aromatic rings. The van der Waals surface area contributed by atoms with Crippen molar-refractivity contribution in [1.29, 1.82) is 0 Å². The molecule has 0 saturated heterocycles. The molecule has 1 heterocycles. The van der Waals surface area contributed by atoms with Crippen LogP contribution in [0.2, 0.25) is 0 Å². The van der Waals surface area contributed by atoms with Crippen LogP contribution in [0.3, 0.4) is 0 Å². The average Bonchev–Trinajstić information content (AvgIpc) is 2.77. The molecule has 0 fully saturated rings. The number of nitrogens with zero attached hydrogens (tertiary/aromatic N) is 2. The minimum absolute atomic E-state index is 0.0351. The van der Waals surface area contributed by atoms with E-state index in [0.717, 1.165) is 6.42 Å². The summed E-state index contributed by atoms with van der Waals surface area (Å²) in [6.45, 7) is 4.00. The maximum absolute atomic E-state index is 11.6. The molecule has 1 rings (SSSR count). The Morgan fingerprint density at radius 2 is 2.21 bits per heavy atom. The van der Waals surface area contributed by atoms with Gasteiger partial charge in [0.15, 0.2) is 5.82 Å². The third kappa shape index (κ3) is 5.98. The molecule has 1 unspecified atom stereocenters. The van der Waals surface area contributed by atoms with Gasteiger partial charge in [-0.1, -0.05) is 18.5 Å². The van der Waals surface area contributed by atoms with Gasteiger partial charge in [0.25, 0.3) is 0 Å². The number of carbonyl (C=O) groups is 2. The third-order valence-electron chi connectivity index (χ3n) is 2.76. The Hall–Kier alpha value is -1.92. The Morgan fingerprint density at radius 3 is 2.74 bits per heavy atom. The van der Waals surface area contributed by atoms with Crippen molar-refractivity contribution in [2.75, 3.05) is 6.54 Å². The van der Waals surface area contributed by atoms with Gasteiger partial charge in [-0.15, -0.1) is 0 Å². The van der Waals surface area contributed by atoms with E-state index in [-0.39, 0.29) is 24.7 Å². The Kier molecular flexibility index (Phi) is 5.98. The summed E-state index contributed by atoms with van der Waals surface area (Å²) >= 11 is 0. The Balaban J connectivity index is 2.25. The zero-order valence-corrected chi connectivity index (χ0v) is 11.2. The first-order chi connectivity index (χ1) is 9.01. The number of carbonyl (C=O) groups excluding carboxylic acids is 1. The van der Waals surface area contributed by atoms with Gasteiger partial charge < -0.3 is 14.9 Å². The predicted molar refractivity (Wildman–Crippen MR) is 66.4 cm³/mol. The molecule has 0 spiro atoms. The number of aryl methyl sites for hydroxylation is 2. The van der Waals surface area contributed by atoms with Crippen molar-refractivity contribution in [3.8, 4) is 0 Å². The summed E-state index contributed by atoms with van der Waals surface area (Å²) in [6, 6.07) is 0. The van der Waals surface area contributed by atoms with E-state index in [1.807, 2.05) is 6.92 Å². The highest BCUT2D eigenvalue weighted by Crippen LogP contribution is 2.07. The second-order valence-corrected chi connectivity index (χ2v) is 4.41. The van der Waals surface area contributed by atoms with Crippen LogP contribution in [0.1, 0.15) is 37.9 Å². The largest absolute Gasteiger partial charge is 0.481 e. The fourth-order valence-corrected chi connectivity index (χ4v) is 1.62. The summed E-state index contributed by atoms with van der Waals surface area (Å²) in [5, 5.41) is 15.0. The van der Waals surface area contributed by atoms with Crippen LogP contribution in [-0.4, -0.2) is 33.7 Å². The molecule has 0 aliphatic carbocycles. The van der Waals surface area contributed by atoms with E-state index in [1.54, 1.807) is 6.92 Å². The lowest BCUT2D eigenvalue weighted by molar-refractivity contribution is -0.138. The van der Waals surface area contributed by atoms with Crippen molar-refractivity contribution in [3.63, 3.8) is 0 Å². The van der Waals surface area contributed by atoms with Gasteiger partial charge in [-0.05, 0) is 12.8 Å².